The van der Waals surface area contributed by atoms with Crippen molar-refractivity contribution in [3.05, 3.63) is 47.5 Å². The van der Waals surface area contributed by atoms with Gasteiger partial charge in [0.2, 0.25) is 0 Å². The molecular formula is C16H23N5. The van der Waals surface area contributed by atoms with Crippen LogP contribution < -0.4 is 5.32 Å². The monoisotopic (exact) mass is 285 g/mol. The summed E-state index contributed by atoms with van der Waals surface area (Å²) >= 11 is 0. The summed E-state index contributed by atoms with van der Waals surface area (Å²) in [6.07, 6.45) is 1.83. The Morgan fingerprint density at radius 2 is 2.14 bits per heavy atom. The number of aryl methyl sites for hydroxylation is 1. The fourth-order valence-electron chi connectivity index (χ4n) is 3.03. The third-order valence-electron chi connectivity index (χ3n) is 4.17. The largest absolute Gasteiger partial charge is 0.315 e. The molecule has 5 nitrogen and oxygen atoms in total. The van der Waals surface area contributed by atoms with E-state index in [2.05, 4.69) is 63.1 Å². The number of fused-ring (bicyclic) bond motifs is 1. The second-order valence-electron chi connectivity index (χ2n) is 5.64. The van der Waals surface area contributed by atoms with E-state index >= 15 is 0 Å². The fraction of sp³-hybridized carbons (Fsp3) is 0.500. The van der Waals surface area contributed by atoms with Crippen molar-refractivity contribution in [2.24, 2.45) is 0 Å². The zero-order chi connectivity index (χ0) is 14.7. The summed E-state index contributed by atoms with van der Waals surface area (Å²) in [6, 6.07) is 9.01. The molecular weight excluding hydrogens is 262 g/mol. The van der Waals surface area contributed by atoms with Gasteiger partial charge in [0.1, 0.15) is 12.2 Å². The van der Waals surface area contributed by atoms with Crippen LogP contribution in [-0.4, -0.2) is 39.3 Å². The first-order chi connectivity index (χ1) is 10.3. The van der Waals surface area contributed by atoms with Crippen molar-refractivity contribution >= 4 is 0 Å². The molecule has 0 fully saturated rings. The molecule has 21 heavy (non-hydrogen) atoms. The maximum atomic E-state index is 4.20. The average Bonchev–Trinajstić information content (AvgIpc) is 2.95. The minimum atomic E-state index is 0.366. The second kappa shape index (κ2) is 6.37. The SMILES string of the molecule is CCNC(CN1CCn2cnnc2C1)c1ccccc1C. The molecule has 112 valence electrons. The Kier molecular flexibility index (Phi) is 4.31. The molecule has 0 saturated carbocycles. The van der Waals surface area contributed by atoms with E-state index in [1.54, 1.807) is 0 Å². The van der Waals surface area contributed by atoms with Gasteiger partial charge in [-0.25, -0.2) is 0 Å². The number of aromatic nitrogens is 3. The molecule has 1 aliphatic heterocycles. The summed E-state index contributed by atoms with van der Waals surface area (Å²) in [5.74, 6) is 1.07. The Bertz CT molecular complexity index is 592. The molecule has 2 heterocycles. The van der Waals surface area contributed by atoms with Crippen LogP contribution in [0.3, 0.4) is 0 Å². The highest BCUT2D eigenvalue weighted by molar-refractivity contribution is 5.29. The Labute approximate surface area is 126 Å². The average molecular weight is 285 g/mol. The van der Waals surface area contributed by atoms with E-state index in [1.807, 2.05) is 6.33 Å². The Morgan fingerprint density at radius 1 is 1.29 bits per heavy atom. The summed E-state index contributed by atoms with van der Waals surface area (Å²) in [7, 11) is 0. The lowest BCUT2D eigenvalue weighted by Gasteiger charge is -2.31. The Morgan fingerprint density at radius 3 is 2.95 bits per heavy atom. The van der Waals surface area contributed by atoms with Crippen LogP contribution in [0.2, 0.25) is 0 Å². The number of benzene rings is 1. The van der Waals surface area contributed by atoms with Gasteiger partial charge in [-0.15, -0.1) is 10.2 Å². The maximum absolute atomic E-state index is 4.20. The topological polar surface area (TPSA) is 46.0 Å². The van der Waals surface area contributed by atoms with Gasteiger partial charge in [0.05, 0.1) is 6.54 Å². The lowest BCUT2D eigenvalue weighted by molar-refractivity contribution is 0.195. The number of nitrogens with zero attached hydrogens (tertiary/aromatic N) is 4. The minimum absolute atomic E-state index is 0.366. The molecule has 2 aromatic rings. The van der Waals surface area contributed by atoms with E-state index in [0.29, 0.717) is 6.04 Å². The number of hydrogen-bond acceptors (Lipinski definition) is 4. The third kappa shape index (κ3) is 3.14. The lowest BCUT2D eigenvalue weighted by atomic mass is 10.0. The van der Waals surface area contributed by atoms with Crippen LogP contribution >= 0.6 is 0 Å². The van der Waals surface area contributed by atoms with E-state index in [4.69, 9.17) is 0 Å². The summed E-state index contributed by atoms with van der Waals surface area (Å²) in [5, 5.41) is 11.8. The Balaban J connectivity index is 1.73. The first-order valence-corrected chi connectivity index (χ1v) is 7.66. The van der Waals surface area contributed by atoms with Crippen molar-refractivity contribution < 1.29 is 0 Å². The summed E-state index contributed by atoms with van der Waals surface area (Å²) in [6.45, 7) is 9.25. The van der Waals surface area contributed by atoms with Crippen LogP contribution in [0.4, 0.5) is 0 Å². The van der Waals surface area contributed by atoms with E-state index in [9.17, 15) is 0 Å². The van der Waals surface area contributed by atoms with Gasteiger partial charge in [-0.1, -0.05) is 31.2 Å². The number of rotatable bonds is 5. The molecule has 1 aromatic carbocycles. The molecule has 1 unspecified atom stereocenters. The van der Waals surface area contributed by atoms with Gasteiger partial charge in [-0.2, -0.15) is 0 Å². The molecule has 5 heteroatoms. The van der Waals surface area contributed by atoms with Crippen LogP contribution in [0.15, 0.2) is 30.6 Å². The molecule has 1 aromatic heterocycles. The van der Waals surface area contributed by atoms with Crippen LogP contribution in [0.1, 0.15) is 29.9 Å². The predicted molar refractivity (Wildman–Crippen MR) is 82.9 cm³/mol. The van der Waals surface area contributed by atoms with Crippen molar-refractivity contribution in [2.75, 3.05) is 19.6 Å². The van der Waals surface area contributed by atoms with Gasteiger partial charge in [-0.3, -0.25) is 4.90 Å². The molecule has 1 atom stereocenters. The van der Waals surface area contributed by atoms with Crippen molar-refractivity contribution in [2.45, 2.75) is 33.0 Å². The second-order valence-corrected chi connectivity index (χ2v) is 5.64. The summed E-state index contributed by atoms with van der Waals surface area (Å²) < 4.78 is 2.15. The predicted octanol–water partition coefficient (Wildman–Crippen LogP) is 1.75. The summed E-state index contributed by atoms with van der Waals surface area (Å²) in [5.41, 5.74) is 2.75. The van der Waals surface area contributed by atoms with E-state index in [1.165, 1.54) is 11.1 Å². The van der Waals surface area contributed by atoms with Gasteiger partial charge in [0.25, 0.3) is 0 Å². The van der Waals surface area contributed by atoms with Crippen molar-refractivity contribution in [3.63, 3.8) is 0 Å². The number of nitrogens with one attached hydrogen (secondary N) is 1. The molecule has 1 aliphatic rings. The zero-order valence-corrected chi connectivity index (χ0v) is 12.8. The summed E-state index contributed by atoms with van der Waals surface area (Å²) in [4.78, 5) is 2.46. The molecule has 0 radical (unpaired) electrons. The molecule has 0 saturated heterocycles. The minimum Gasteiger partial charge on any atom is -0.315 e. The van der Waals surface area contributed by atoms with Crippen LogP contribution in [0.25, 0.3) is 0 Å². The molecule has 1 N–H and O–H groups in total. The highest BCUT2D eigenvalue weighted by Gasteiger charge is 2.21. The smallest absolute Gasteiger partial charge is 0.147 e. The van der Waals surface area contributed by atoms with Crippen LogP contribution in [-0.2, 0) is 13.1 Å². The lowest BCUT2D eigenvalue weighted by Crippen LogP contribution is -2.40. The molecule has 0 spiro atoms. The van der Waals surface area contributed by atoms with E-state index < -0.39 is 0 Å². The molecule has 0 amide bonds. The van der Waals surface area contributed by atoms with E-state index in [-0.39, 0.29) is 0 Å². The van der Waals surface area contributed by atoms with Gasteiger partial charge < -0.3 is 9.88 Å². The van der Waals surface area contributed by atoms with Gasteiger partial charge in [-0.05, 0) is 24.6 Å². The number of hydrogen-bond donors (Lipinski definition) is 1. The first-order valence-electron chi connectivity index (χ1n) is 7.66. The molecule has 0 aliphatic carbocycles. The first kappa shape index (κ1) is 14.2. The Hall–Kier alpha value is -1.72. The van der Waals surface area contributed by atoms with Gasteiger partial charge in [0, 0.05) is 25.7 Å². The van der Waals surface area contributed by atoms with Crippen LogP contribution in [0, 0.1) is 6.92 Å². The van der Waals surface area contributed by atoms with Gasteiger partial charge >= 0.3 is 0 Å². The standard InChI is InChI=1S/C16H23N5/c1-3-17-15(14-7-5-4-6-13(14)2)10-20-8-9-21-12-18-19-16(21)11-20/h4-7,12,15,17H,3,8-11H2,1-2H3. The molecule has 3 rings (SSSR count). The maximum Gasteiger partial charge on any atom is 0.147 e. The van der Waals surface area contributed by atoms with Crippen molar-refractivity contribution in [1.82, 2.24) is 25.0 Å². The number of likely N-dealkylation sites (N-methyl/N-ethyl adjacent to an activating group) is 1. The third-order valence-corrected chi connectivity index (χ3v) is 4.17. The fourth-order valence-corrected chi connectivity index (χ4v) is 3.03. The van der Waals surface area contributed by atoms with E-state index in [0.717, 1.165) is 38.5 Å². The van der Waals surface area contributed by atoms with Crippen LogP contribution in [0.5, 0.6) is 0 Å². The highest BCUT2D eigenvalue weighted by atomic mass is 15.3. The van der Waals surface area contributed by atoms with Crippen molar-refractivity contribution in [3.8, 4) is 0 Å². The highest BCUT2D eigenvalue weighted by Crippen LogP contribution is 2.20. The van der Waals surface area contributed by atoms with Crippen molar-refractivity contribution in [1.29, 1.82) is 0 Å². The van der Waals surface area contributed by atoms with Gasteiger partial charge in [0.15, 0.2) is 0 Å². The quantitative estimate of drug-likeness (QED) is 0.909. The normalized spacial score (nSPS) is 16.7. The zero-order valence-electron chi connectivity index (χ0n) is 12.8. The molecule has 0 bridgehead atoms.